The van der Waals surface area contributed by atoms with Crippen molar-refractivity contribution in [3.63, 3.8) is 0 Å². The zero-order valence-electron chi connectivity index (χ0n) is 14.9. The number of ether oxygens (including phenoxy) is 2. The van der Waals surface area contributed by atoms with E-state index in [2.05, 4.69) is 22.0 Å². The van der Waals surface area contributed by atoms with Crippen molar-refractivity contribution in [2.75, 3.05) is 19.0 Å². The third kappa shape index (κ3) is 3.37. The van der Waals surface area contributed by atoms with E-state index in [9.17, 15) is 4.79 Å². The second-order valence-electron chi connectivity index (χ2n) is 5.75. The second-order valence-corrected chi connectivity index (χ2v) is 5.75. The molecule has 3 rings (SSSR count). The Hall–Kier alpha value is -3.35. The SMILES string of the molecule is C=CCOC(=O)Nc1cc(C)nn1-c1cc(C)c2cccc(OC)c2n1. The number of pyridine rings is 1. The molecule has 1 N–H and O–H groups in total. The van der Waals surface area contributed by atoms with E-state index in [1.165, 1.54) is 6.08 Å². The molecule has 1 amide bonds. The van der Waals surface area contributed by atoms with Crippen LogP contribution >= 0.6 is 0 Å². The standard InChI is InChI=1S/C19H20N4O3/c1-5-9-26-19(24)21-17-11-13(3)22-23(17)16-10-12(2)14-7-6-8-15(25-4)18(14)20-16/h5-8,10-11H,1,9H2,2-4H3,(H,21,24). The molecule has 0 bridgehead atoms. The van der Waals surface area contributed by atoms with Crippen LogP contribution in [0.2, 0.25) is 0 Å². The molecule has 0 aliphatic carbocycles. The minimum atomic E-state index is -0.582. The van der Waals surface area contributed by atoms with Crippen LogP contribution in [0.3, 0.4) is 0 Å². The lowest BCUT2D eigenvalue weighted by Gasteiger charge is -2.12. The number of hydrogen-bond acceptors (Lipinski definition) is 5. The van der Waals surface area contributed by atoms with Crippen LogP contribution in [-0.2, 0) is 4.74 Å². The number of methoxy groups -OCH3 is 1. The summed E-state index contributed by atoms with van der Waals surface area (Å²) in [5.74, 6) is 1.72. The van der Waals surface area contributed by atoms with Gasteiger partial charge in [-0.25, -0.2) is 9.78 Å². The van der Waals surface area contributed by atoms with Crippen LogP contribution in [0.1, 0.15) is 11.3 Å². The lowest BCUT2D eigenvalue weighted by Crippen LogP contribution is -2.17. The van der Waals surface area contributed by atoms with Gasteiger partial charge in [0, 0.05) is 11.5 Å². The van der Waals surface area contributed by atoms with Crippen molar-refractivity contribution in [3.05, 3.63) is 54.2 Å². The molecular weight excluding hydrogens is 332 g/mol. The molecule has 7 heteroatoms. The molecule has 0 atom stereocenters. The first-order valence-corrected chi connectivity index (χ1v) is 8.09. The highest BCUT2D eigenvalue weighted by Crippen LogP contribution is 2.28. The number of hydrogen-bond donors (Lipinski definition) is 1. The van der Waals surface area contributed by atoms with E-state index < -0.39 is 6.09 Å². The number of fused-ring (bicyclic) bond motifs is 1. The molecule has 0 saturated carbocycles. The van der Waals surface area contributed by atoms with E-state index in [0.29, 0.717) is 17.4 Å². The minimum absolute atomic E-state index is 0.128. The molecular formula is C19H20N4O3. The smallest absolute Gasteiger partial charge is 0.413 e. The van der Waals surface area contributed by atoms with Crippen molar-refractivity contribution < 1.29 is 14.3 Å². The third-order valence-corrected chi connectivity index (χ3v) is 3.83. The summed E-state index contributed by atoms with van der Waals surface area (Å²) < 4.78 is 12.0. The molecule has 0 fully saturated rings. The van der Waals surface area contributed by atoms with Gasteiger partial charge in [-0.15, -0.1) is 0 Å². The van der Waals surface area contributed by atoms with Gasteiger partial charge in [0.15, 0.2) is 5.82 Å². The number of anilines is 1. The van der Waals surface area contributed by atoms with Crippen LogP contribution in [0.5, 0.6) is 5.75 Å². The average Bonchev–Trinajstić information content (AvgIpc) is 2.99. The number of amides is 1. The van der Waals surface area contributed by atoms with E-state index in [4.69, 9.17) is 9.47 Å². The Morgan fingerprint density at radius 1 is 1.35 bits per heavy atom. The maximum atomic E-state index is 11.9. The van der Waals surface area contributed by atoms with Crippen molar-refractivity contribution in [1.82, 2.24) is 14.8 Å². The predicted molar refractivity (Wildman–Crippen MR) is 100 cm³/mol. The molecule has 0 spiro atoms. The number of carbonyl (C=O) groups is 1. The summed E-state index contributed by atoms with van der Waals surface area (Å²) in [5, 5.41) is 8.12. The van der Waals surface area contributed by atoms with Crippen LogP contribution in [-0.4, -0.2) is 34.6 Å². The van der Waals surface area contributed by atoms with Crippen molar-refractivity contribution >= 4 is 22.8 Å². The predicted octanol–water partition coefficient (Wildman–Crippen LogP) is 3.78. The maximum absolute atomic E-state index is 11.9. The van der Waals surface area contributed by atoms with Gasteiger partial charge in [0.25, 0.3) is 0 Å². The quantitative estimate of drug-likeness (QED) is 0.707. The number of nitrogens with zero attached hydrogens (tertiary/aromatic N) is 3. The molecule has 134 valence electrons. The fourth-order valence-electron chi connectivity index (χ4n) is 2.69. The van der Waals surface area contributed by atoms with E-state index in [0.717, 1.165) is 22.2 Å². The lowest BCUT2D eigenvalue weighted by molar-refractivity contribution is 0.174. The van der Waals surface area contributed by atoms with Gasteiger partial charge in [-0.2, -0.15) is 9.78 Å². The normalized spacial score (nSPS) is 10.6. The van der Waals surface area contributed by atoms with Crippen molar-refractivity contribution in [3.8, 4) is 11.6 Å². The van der Waals surface area contributed by atoms with Gasteiger partial charge >= 0.3 is 6.09 Å². The maximum Gasteiger partial charge on any atom is 0.413 e. The highest BCUT2D eigenvalue weighted by molar-refractivity contribution is 5.88. The minimum Gasteiger partial charge on any atom is -0.494 e. The number of para-hydroxylation sites is 1. The van der Waals surface area contributed by atoms with Gasteiger partial charge < -0.3 is 9.47 Å². The van der Waals surface area contributed by atoms with E-state index in [1.54, 1.807) is 17.9 Å². The number of rotatable bonds is 5. The Bertz CT molecular complexity index is 978. The molecule has 26 heavy (non-hydrogen) atoms. The van der Waals surface area contributed by atoms with Crippen LogP contribution in [0.4, 0.5) is 10.6 Å². The number of aryl methyl sites for hydroxylation is 2. The summed E-state index contributed by atoms with van der Waals surface area (Å²) in [4.78, 5) is 16.6. The van der Waals surface area contributed by atoms with Crippen LogP contribution in [0.15, 0.2) is 43.0 Å². The van der Waals surface area contributed by atoms with Crippen LogP contribution < -0.4 is 10.1 Å². The Morgan fingerprint density at radius 2 is 2.15 bits per heavy atom. The van der Waals surface area contributed by atoms with Gasteiger partial charge in [-0.3, -0.25) is 5.32 Å². The monoisotopic (exact) mass is 352 g/mol. The Labute approximate surface area is 151 Å². The zero-order chi connectivity index (χ0) is 18.7. The molecule has 7 nitrogen and oxygen atoms in total. The molecule has 2 aromatic heterocycles. The molecule has 0 aliphatic heterocycles. The zero-order valence-corrected chi connectivity index (χ0v) is 14.9. The van der Waals surface area contributed by atoms with E-state index in [1.807, 2.05) is 38.1 Å². The van der Waals surface area contributed by atoms with Gasteiger partial charge in [0.2, 0.25) is 0 Å². The van der Waals surface area contributed by atoms with Gasteiger partial charge in [-0.05, 0) is 31.5 Å². The summed E-state index contributed by atoms with van der Waals surface area (Å²) >= 11 is 0. The first-order valence-electron chi connectivity index (χ1n) is 8.09. The average molecular weight is 352 g/mol. The number of nitrogens with one attached hydrogen (secondary N) is 1. The van der Waals surface area contributed by atoms with Crippen LogP contribution in [0.25, 0.3) is 16.7 Å². The first kappa shape index (κ1) is 17.5. The Balaban J connectivity index is 2.06. The molecule has 0 aliphatic rings. The van der Waals surface area contributed by atoms with Crippen molar-refractivity contribution in [2.24, 2.45) is 0 Å². The molecule has 1 aromatic carbocycles. The van der Waals surface area contributed by atoms with Crippen molar-refractivity contribution in [1.29, 1.82) is 0 Å². The molecule has 0 unspecified atom stereocenters. The molecule has 3 aromatic rings. The van der Waals surface area contributed by atoms with Gasteiger partial charge in [0.05, 0.1) is 12.8 Å². The summed E-state index contributed by atoms with van der Waals surface area (Å²) in [6.45, 7) is 7.48. The Morgan fingerprint density at radius 3 is 2.88 bits per heavy atom. The fraction of sp³-hybridized carbons (Fsp3) is 0.211. The second kappa shape index (κ2) is 7.26. The first-order chi connectivity index (χ1) is 12.5. The van der Waals surface area contributed by atoms with Crippen molar-refractivity contribution in [2.45, 2.75) is 13.8 Å². The summed E-state index contributed by atoms with van der Waals surface area (Å²) in [5.41, 5.74) is 2.50. The van der Waals surface area contributed by atoms with Gasteiger partial charge in [0.1, 0.15) is 23.7 Å². The highest BCUT2D eigenvalue weighted by atomic mass is 16.5. The third-order valence-electron chi connectivity index (χ3n) is 3.83. The molecule has 0 saturated heterocycles. The summed E-state index contributed by atoms with van der Waals surface area (Å²) in [6.07, 6.45) is 0.920. The number of benzene rings is 1. The molecule has 2 heterocycles. The topological polar surface area (TPSA) is 78.3 Å². The summed E-state index contributed by atoms with van der Waals surface area (Å²) in [6, 6.07) is 9.44. The number of carbonyl (C=O) groups excluding carboxylic acids is 1. The summed E-state index contributed by atoms with van der Waals surface area (Å²) in [7, 11) is 1.61. The van der Waals surface area contributed by atoms with Crippen LogP contribution in [0, 0.1) is 13.8 Å². The van der Waals surface area contributed by atoms with Gasteiger partial charge in [-0.1, -0.05) is 24.8 Å². The molecule has 0 radical (unpaired) electrons. The largest absolute Gasteiger partial charge is 0.494 e. The number of aromatic nitrogens is 3. The highest BCUT2D eigenvalue weighted by Gasteiger charge is 2.15. The van der Waals surface area contributed by atoms with E-state index >= 15 is 0 Å². The van der Waals surface area contributed by atoms with E-state index in [-0.39, 0.29) is 6.61 Å². The fourth-order valence-corrected chi connectivity index (χ4v) is 2.69. The lowest BCUT2D eigenvalue weighted by atomic mass is 10.1. The Kier molecular flexibility index (Phi) is 4.88.